The van der Waals surface area contributed by atoms with Crippen LogP contribution in [0.1, 0.15) is 24.7 Å². The summed E-state index contributed by atoms with van der Waals surface area (Å²) in [6.07, 6.45) is 1.04. The summed E-state index contributed by atoms with van der Waals surface area (Å²) < 4.78 is 7.38. The second kappa shape index (κ2) is 7.04. The average molecular weight is 326 g/mol. The molecule has 0 unspecified atom stereocenters. The smallest absolute Gasteiger partial charge is 0.316 e. The van der Waals surface area contributed by atoms with Crippen molar-refractivity contribution >= 4 is 29.1 Å². The van der Waals surface area contributed by atoms with Gasteiger partial charge in [-0.1, -0.05) is 30.0 Å². The highest BCUT2D eigenvalue weighted by atomic mass is 32.2. The van der Waals surface area contributed by atoms with Crippen molar-refractivity contribution in [2.24, 2.45) is 0 Å². The SMILES string of the molecule is CCCn1nc(C)c(-c2nnc(SCC(=O)OC)s2)c1C. The molecule has 0 aliphatic rings. The number of carbonyl (C=O) groups is 1. The fraction of sp³-hybridized carbons (Fsp3) is 0.538. The van der Waals surface area contributed by atoms with Crippen molar-refractivity contribution in [3.63, 3.8) is 0 Å². The van der Waals surface area contributed by atoms with Crippen LogP contribution < -0.4 is 0 Å². The van der Waals surface area contributed by atoms with E-state index in [1.54, 1.807) is 0 Å². The van der Waals surface area contributed by atoms with Gasteiger partial charge in [0.25, 0.3) is 0 Å². The molecule has 8 heteroatoms. The minimum atomic E-state index is -0.264. The van der Waals surface area contributed by atoms with Crippen molar-refractivity contribution in [1.29, 1.82) is 0 Å². The van der Waals surface area contributed by atoms with Gasteiger partial charge in [0, 0.05) is 12.2 Å². The molecule has 0 saturated carbocycles. The maximum absolute atomic E-state index is 11.1. The molecule has 0 fully saturated rings. The lowest BCUT2D eigenvalue weighted by atomic mass is 10.2. The lowest BCUT2D eigenvalue weighted by molar-refractivity contribution is -0.137. The molecule has 2 aromatic rings. The zero-order valence-electron chi connectivity index (χ0n) is 12.5. The Kier molecular flexibility index (Phi) is 5.35. The summed E-state index contributed by atoms with van der Waals surface area (Å²) in [7, 11) is 1.38. The molecular formula is C13H18N4O2S2. The maximum Gasteiger partial charge on any atom is 0.316 e. The van der Waals surface area contributed by atoms with Gasteiger partial charge in [0.1, 0.15) is 0 Å². The number of nitrogens with zero attached hydrogens (tertiary/aromatic N) is 4. The largest absolute Gasteiger partial charge is 0.468 e. The Hall–Kier alpha value is -1.41. The predicted octanol–water partition coefficient (Wildman–Crippen LogP) is 2.69. The fourth-order valence-electron chi connectivity index (χ4n) is 1.98. The Bertz CT molecular complexity index is 636. The summed E-state index contributed by atoms with van der Waals surface area (Å²) in [6, 6.07) is 0. The topological polar surface area (TPSA) is 69.9 Å². The minimum absolute atomic E-state index is 0.248. The lowest BCUT2D eigenvalue weighted by Gasteiger charge is -2.01. The van der Waals surface area contributed by atoms with Crippen molar-refractivity contribution in [1.82, 2.24) is 20.0 Å². The van der Waals surface area contributed by atoms with Crippen molar-refractivity contribution in [2.75, 3.05) is 12.9 Å². The van der Waals surface area contributed by atoms with Gasteiger partial charge in [-0.2, -0.15) is 5.10 Å². The van der Waals surface area contributed by atoms with Crippen LogP contribution in [0.4, 0.5) is 0 Å². The van der Waals surface area contributed by atoms with Gasteiger partial charge in [0.05, 0.1) is 24.1 Å². The zero-order chi connectivity index (χ0) is 15.4. The number of aromatic nitrogens is 4. The van der Waals surface area contributed by atoms with E-state index in [4.69, 9.17) is 0 Å². The number of methoxy groups -OCH3 is 1. The molecule has 0 aliphatic carbocycles. The van der Waals surface area contributed by atoms with Crippen molar-refractivity contribution in [2.45, 2.75) is 38.1 Å². The molecule has 0 amide bonds. The molecule has 0 aromatic carbocycles. The van der Waals surface area contributed by atoms with E-state index in [1.165, 1.54) is 30.2 Å². The number of ether oxygens (including phenoxy) is 1. The third-order valence-corrected chi connectivity index (χ3v) is 5.03. The van der Waals surface area contributed by atoms with E-state index in [1.807, 2.05) is 18.5 Å². The molecule has 0 aliphatic heterocycles. The van der Waals surface area contributed by atoms with Gasteiger partial charge < -0.3 is 4.74 Å². The highest BCUT2D eigenvalue weighted by molar-refractivity contribution is 8.01. The molecule has 114 valence electrons. The van der Waals surface area contributed by atoms with Crippen molar-refractivity contribution in [3.8, 4) is 10.6 Å². The quantitative estimate of drug-likeness (QED) is 0.600. The number of aryl methyl sites for hydroxylation is 2. The number of esters is 1. The van der Waals surface area contributed by atoms with Crippen LogP contribution >= 0.6 is 23.1 Å². The number of thioether (sulfide) groups is 1. The molecule has 2 aromatic heterocycles. The Morgan fingerprint density at radius 2 is 2.14 bits per heavy atom. The zero-order valence-corrected chi connectivity index (χ0v) is 14.2. The maximum atomic E-state index is 11.1. The average Bonchev–Trinajstić information content (AvgIpc) is 3.02. The Balaban J connectivity index is 2.19. The Labute approximate surface area is 131 Å². The van der Waals surface area contributed by atoms with Gasteiger partial charge in [0.2, 0.25) is 0 Å². The predicted molar refractivity (Wildman–Crippen MR) is 83.6 cm³/mol. The molecular weight excluding hydrogens is 308 g/mol. The van der Waals surface area contributed by atoms with Crippen molar-refractivity contribution < 1.29 is 9.53 Å². The van der Waals surface area contributed by atoms with Crippen LogP contribution in [0.5, 0.6) is 0 Å². The highest BCUT2D eigenvalue weighted by Crippen LogP contribution is 2.33. The van der Waals surface area contributed by atoms with Crippen LogP contribution in [-0.2, 0) is 16.1 Å². The standard InChI is InChI=1S/C13H18N4O2S2/c1-5-6-17-9(3)11(8(2)16-17)12-14-15-13(21-12)20-7-10(18)19-4/h5-7H2,1-4H3. The summed E-state index contributed by atoms with van der Waals surface area (Å²) in [6.45, 7) is 7.06. The summed E-state index contributed by atoms with van der Waals surface area (Å²) >= 11 is 2.82. The minimum Gasteiger partial charge on any atom is -0.468 e. The van der Waals surface area contributed by atoms with Crippen LogP contribution in [-0.4, -0.2) is 38.8 Å². The first kappa shape index (κ1) is 16.0. The highest BCUT2D eigenvalue weighted by Gasteiger charge is 2.17. The summed E-state index contributed by atoms with van der Waals surface area (Å²) in [5.41, 5.74) is 3.11. The second-order valence-electron chi connectivity index (χ2n) is 4.51. The van der Waals surface area contributed by atoms with E-state index < -0.39 is 0 Å². The molecule has 21 heavy (non-hydrogen) atoms. The molecule has 0 saturated heterocycles. The number of rotatable bonds is 6. The monoisotopic (exact) mass is 326 g/mol. The molecule has 6 nitrogen and oxygen atoms in total. The van der Waals surface area contributed by atoms with E-state index in [-0.39, 0.29) is 11.7 Å². The van der Waals surface area contributed by atoms with Gasteiger partial charge in [-0.3, -0.25) is 9.48 Å². The third kappa shape index (κ3) is 3.62. The van der Waals surface area contributed by atoms with E-state index in [9.17, 15) is 4.79 Å². The van der Waals surface area contributed by atoms with Crippen LogP contribution in [0, 0.1) is 13.8 Å². The summed E-state index contributed by atoms with van der Waals surface area (Å²) in [5, 5.41) is 13.7. The van der Waals surface area contributed by atoms with Crippen LogP contribution in [0.2, 0.25) is 0 Å². The number of hydrogen-bond acceptors (Lipinski definition) is 7. The van der Waals surface area contributed by atoms with E-state index in [0.717, 1.165) is 39.3 Å². The van der Waals surface area contributed by atoms with Gasteiger partial charge >= 0.3 is 5.97 Å². The van der Waals surface area contributed by atoms with Crippen LogP contribution in [0.25, 0.3) is 10.6 Å². The van der Waals surface area contributed by atoms with E-state index in [2.05, 4.69) is 27.0 Å². The Morgan fingerprint density at radius 1 is 1.38 bits per heavy atom. The normalized spacial score (nSPS) is 10.9. The van der Waals surface area contributed by atoms with Crippen molar-refractivity contribution in [3.05, 3.63) is 11.4 Å². The fourth-order valence-corrected chi connectivity index (χ4v) is 3.82. The molecule has 0 N–H and O–H groups in total. The Morgan fingerprint density at radius 3 is 2.81 bits per heavy atom. The van der Waals surface area contributed by atoms with E-state index >= 15 is 0 Å². The third-order valence-electron chi connectivity index (χ3n) is 2.98. The van der Waals surface area contributed by atoms with E-state index in [0.29, 0.717) is 0 Å². The first-order chi connectivity index (χ1) is 10.1. The van der Waals surface area contributed by atoms with Gasteiger partial charge in [-0.05, 0) is 20.3 Å². The van der Waals surface area contributed by atoms with Gasteiger partial charge in [0.15, 0.2) is 9.35 Å². The van der Waals surface area contributed by atoms with Gasteiger partial charge in [-0.15, -0.1) is 10.2 Å². The number of hydrogen-bond donors (Lipinski definition) is 0. The summed E-state index contributed by atoms with van der Waals surface area (Å²) in [5.74, 6) is -0.0158. The number of carbonyl (C=O) groups excluding carboxylic acids is 1. The molecule has 0 atom stereocenters. The molecule has 0 bridgehead atoms. The van der Waals surface area contributed by atoms with Gasteiger partial charge in [-0.25, -0.2) is 0 Å². The molecule has 2 heterocycles. The lowest BCUT2D eigenvalue weighted by Crippen LogP contribution is -2.02. The molecule has 0 spiro atoms. The van der Waals surface area contributed by atoms with Crippen LogP contribution in [0.3, 0.4) is 0 Å². The first-order valence-corrected chi connectivity index (χ1v) is 8.44. The summed E-state index contributed by atoms with van der Waals surface area (Å²) in [4.78, 5) is 11.1. The molecule has 0 radical (unpaired) electrons. The second-order valence-corrected chi connectivity index (χ2v) is 6.71. The van der Waals surface area contributed by atoms with Crippen LogP contribution in [0.15, 0.2) is 4.34 Å². The first-order valence-electron chi connectivity index (χ1n) is 6.64. The molecule has 2 rings (SSSR count).